The molecule has 0 spiro atoms. The first-order chi connectivity index (χ1) is 7.24. The SMILES string of the molecule is C=COC=C.C=COc1ccc(Br)cc1. The Morgan fingerprint density at radius 1 is 0.933 bits per heavy atom. The van der Waals surface area contributed by atoms with E-state index in [0.717, 1.165) is 10.2 Å². The molecule has 0 radical (unpaired) electrons. The fraction of sp³-hybridized carbons (Fsp3) is 0. The Labute approximate surface area is 98.7 Å². The van der Waals surface area contributed by atoms with Gasteiger partial charge < -0.3 is 9.47 Å². The van der Waals surface area contributed by atoms with Crippen LogP contribution in [0.3, 0.4) is 0 Å². The van der Waals surface area contributed by atoms with Crippen molar-refractivity contribution in [1.82, 2.24) is 0 Å². The molecular formula is C12H13BrO2. The molecule has 2 nitrogen and oxygen atoms in total. The third-order valence-electron chi connectivity index (χ3n) is 1.23. The standard InChI is InChI=1S/C8H7BrO.C4H6O/c1-2-10-8-5-3-7(9)4-6-8;1-3-5-4-2/h2-6H,1H2;3-4H,1-2H2. The maximum absolute atomic E-state index is 5.00. The number of benzene rings is 1. The summed E-state index contributed by atoms with van der Waals surface area (Å²) in [5.74, 6) is 0.804. The van der Waals surface area contributed by atoms with Gasteiger partial charge in [-0.15, -0.1) is 0 Å². The third-order valence-corrected chi connectivity index (χ3v) is 1.75. The van der Waals surface area contributed by atoms with Crippen LogP contribution in [0.25, 0.3) is 0 Å². The fourth-order valence-electron chi connectivity index (χ4n) is 0.677. The van der Waals surface area contributed by atoms with Crippen molar-refractivity contribution >= 4 is 15.9 Å². The smallest absolute Gasteiger partial charge is 0.126 e. The zero-order valence-corrected chi connectivity index (χ0v) is 9.94. The van der Waals surface area contributed by atoms with E-state index in [1.165, 1.54) is 18.8 Å². The summed E-state index contributed by atoms with van der Waals surface area (Å²) < 4.78 is 10.4. The van der Waals surface area contributed by atoms with Crippen LogP contribution in [0, 0.1) is 0 Å². The van der Waals surface area contributed by atoms with E-state index >= 15 is 0 Å². The lowest BCUT2D eigenvalue weighted by atomic mass is 10.3. The summed E-state index contributed by atoms with van der Waals surface area (Å²) in [5.41, 5.74) is 0. The molecule has 1 rings (SSSR count). The number of hydrogen-bond donors (Lipinski definition) is 0. The average molecular weight is 269 g/mol. The van der Waals surface area contributed by atoms with Crippen LogP contribution in [-0.2, 0) is 4.74 Å². The van der Waals surface area contributed by atoms with Gasteiger partial charge >= 0.3 is 0 Å². The number of hydrogen-bond acceptors (Lipinski definition) is 2. The van der Waals surface area contributed by atoms with E-state index in [2.05, 4.69) is 40.4 Å². The van der Waals surface area contributed by atoms with Gasteiger partial charge in [0.05, 0.1) is 18.8 Å². The Morgan fingerprint density at radius 2 is 1.47 bits per heavy atom. The quantitative estimate of drug-likeness (QED) is 0.760. The first-order valence-electron chi connectivity index (χ1n) is 4.15. The van der Waals surface area contributed by atoms with Gasteiger partial charge in [-0.3, -0.25) is 0 Å². The lowest BCUT2D eigenvalue weighted by molar-refractivity contribution is 0.406. The van der Waals surface area contributed by atoms with Gasteiger partial charge in [-0.05, 0) is 24.3 Å². The molecule has 1 aromatic rings. The van der Waals surface area contributed by atoms with Crippen LogP contribution < -0.4 is 4.74 Å². The maximum atomic E-state index is 5.00. The summed E-state index contributed by atoms with van der Waals surface area (Å²) in [6.07, 6.45) is 4.03. The summed E-state index contributed by atoms with van der Waals surface area (Å²) in [4.78, 5) is 0. The molecule has 0 atom stereocenters. The molecule has 0 N–H and O–H groups in total. The Morgan fingerprint density at radius 3 is 1.80 bits per heavy atom. The molecule has 0 aliphatic carbocycles. The van der Waals surface area contributed by atoms with Gasteiger partial charge in [0, 0.05) is 4.47 Å². The highest BCUT2D eigenvalue weighted by Gasteiger charge is 1.88. The molecular weight excluding hydrogens is 256 g/mol. The normalized spacial score (nSPS) is 7.80. The average Bonchev–Trinajstić information content (AvgIpc) is 2.24. The van der Waals surface area contributed by atoms with Crippen molar-refractivity contribution in [3.8, 4) is 5.75 Å². The van der Waals surface area contributed by atoms with Crippen molar-refractivity contribution in [2.75, 3.05) is 0 Å². The van der Waals surface area contributed by atoms with Crippen LogP contribution in [0.2, 0.25) is 0 Å². The highest BCUT2D eigenvalue weighted by atomic mass is 79.9. The van der Waals surface area contributed by atoms with Gasteiger partial charge in [-0.25, -0.2) is 0 Å². The van der Waals surface area contributed by atoms with Crippen molar-refractivity contribution in [2.24, 2.45) is 0 Å². The monoisotopic (exact) mass is 268 g/mol. The second kappa shape index (κ2) is 9.09. The van der Waals surface area contributed by atoms with Crippen LogP contribution in [0.15, 0.2) is 67.3 Å². The molecule has 0 saturated carbocycles. The summed E-state index contributed by atoms with van der Waals surface area (Å²) in [6.45, 7) is 9.96. The van der Waals surface area contributed by atoms with Crippen LogP contribution in [0.4, 0.5) is 0 Å². The molecule has 0 unspecified atom stereocenters. The molecule has 15 heavy (non-hydrogen) atoms. The van der Waals surface area contributed by atoms with Crippen LogP contribution in [0.1, 0.15) is 0 Å². The minimum Gasteiger partial charge on any atom is -0.474 e. The maximum Gasteiger partial charge on any atom is 0.126 e. The minimum absolute atomic E-state index is 0.804. The summed E-state index contributed by atoms with van der Waals surface area (Å²) in [6, 6.07) is 7.56. The predicted molar refractivity (Wildman–Crippen MR) is 66.4 cm³/mol. The molecule has 0 bridgehead atoms. The highest BCUT2D eigenvalue weighted by molar-refractivity contribution is 9.10. The van der Waals surface area contributed by atoms with Gasteiger partial charge in [0.15, 0.2) is 0 Å². The highest BCUT2D eigenvalue weighted by Crippen LogP contribution is 2.15. The van der Waals surface area contributed by atoms with Crippen molar-refractivity contribution in [3.05, 3.63) is 67.3 Å². The van der Waals surface area contributed by atoms with Crippen molar-refractivity contribution < 1.29 is 9.47 Å². The first-order valence-corrected chi connectivity index (χ1v) is 4.94. The van der Waals surface area contributed by atoms with Gasteiger partial charge in [0.2, 0.25) is 0 Å². The number of rotatable bonds is 4. The van der Waals surface area contributed by atoms with Crippen molar-refractivity contribution in [3.63, 3.8) is 0 Å². The molecule has 3 heteroatoms. The largest absolute Gasteiger partial charge is 0.474 e. The molecule has 0 fully saturated rings. The molecule has 0 aliphatic rings. The van der Waals surface area contributed by atoms with Gasteiger partial charge in [-0.2, -0.15) is 0 Å². The molecule has 0 heterocycles. The minimum atomic E-state index is 0.804. The Hall–Kier alpha value is -1.48. The molecule has 0 aliphatic heterocycles. The Bertz CT molecular complexity index is 298. The topological polar surface area (TPSA) is 18.5 Å². The van der Waals surface area contributed by atoms with E-state index in [1.807, 2.05) is 24.3 Å². The molecule has 0 aromatic heterocycles. The zero-order valence-electron chi connectivity index (χ0n) is 8.36. The summed E-state index contributed by atoms with van der Waals surface area (Å²) >= 11 is 3.32. The predicted octanol–water partition coefficient (Wildman–Crippen LogP) is 4.26. The molecule has 1 aromatic carbocycles. The Balaban J connectivity index is 0.000000336. The van der Waals surface area contributed by atoms with E-state index in [-0.39, 0.29) is 0 Å². The summed E-state index contributed by atoms with van der Waals surface area (Å²) in [5, 5.41) is 0. The Kier molecular flexibility index (Phi) is 8.19. The summed E-state index contributed by atoms with van der Waals surface area (Å²) in [7, 11) is 0. The second-order valence-corrected chi connectivity index (χ2v) is 3.12. The van der Waals surface area contributed by atoms with Gasteiger partial charge in [-0.1, -0.05) is 35.7 Å². The number of halogens is 1. The van der Waals surface area contributed by atoms with Crippen LogP contribution >= 0.6 is 15.9 Å². The fourth-order valence-corrected chi connectivity index (χ4v) is 0.942. The van der Waals surface area contributed by atoms with Crippen LogP contribution in [0.5, 0.6) is 5.75 Å². The van der Waals surface area contributed by atoms with E-state index in [9.17, 15) is 0 Å². The van der Waals surface area contributed by atoms with Gasteiger partial charge in [0.1, 0.15) is 5.75 Å². The lowest BCUT2D eigenvalue weighted by Crippen LogP contribution is -1.78. The van der Waals surface area contributed by atoms with E-state index in [4.69, 9.17) is 4.74 Å². The lowest BCUT2D eigenvalue weighted by Gasteiger charge is -1.97. The van der Waals surface area contributed by atoms with Crippen molar-refractivity contribution in [1.29, 1.82) is 0 Å². The van der Waals surface area contributed by atoms with Gasteiger partial charge in [0.25, 0.3) is 0 Å². The molecule has 0 saturated heterocycles. The third kappa shape index (κ3) is 7.58. The second-order valence-electron chi connectivity index (χ2n) is 2.21. The van der Waals surface area contributed by atoms with E-state index in [0.29, 0.717) is 0 Å². The first kappa shape index (κ1) is 13.5. The zero-order chi connectivity index (χ0) is 11.5. The van der Waals surface area contributed by atoms with Crippen molar-refractivity contribution in [2.45, 2.75) is 0 Å². The van der Waals surface area contributed by atoms with Crippen LogP contribution in [-0.4, -0.2) is 0 Å². The number of ether oxygens (including phenoxy) is 2. The van der Waals surface area contributed by atoms with E-state index in [1.54, 1.807) is 0 Å². The van der Waals surface area contributed by atoms with E-state index < -0.39 is 0 Å². The molecule has 0 amide bonds. The molecule has 80 valence electrons.